The summed E-state index contributed by atoms with van der Waals surface area (Å²) < 4.78 is 6.32. The fraction of sp³-hybridized carbons (Fsp3) is 0.867. The lowest BCUT2D eigenvalue weighted by Crippen LogP contribution is -2.43. The second kappa shape index (κ2) is 7.37. The van der Waals surface area contributed by atoms with Gasteiger partial charge in [0.2, 0.25) is 0 Å². The fourth-order valence-electron chi connectivity index (χ4n) is 1.55. The van der Waals surface area contributed by atoms with Crippen molar-refractivity contribution in [1.29, 1.82) is 0 Å². The van der Waals surface area contributed by atoms with Crippen LogP contribution in [0.4, 0.5) is 0 Å². The normalized spacial score (nSPS) is 15.5. The van der Waals surface area contributed by atoms with Gasteiger partial charge in [0.15, 0.2) is 8.32 Å². The zero-order valence-electron chi connectivity index (χ0n) is 13.0. The van der Waals surface area contributed by atoms with E-state index in [1.54, 1.807) is 0 Å². The molecule has 0 bridgehead atoms. The third kappa shape index (κ3) is 7.05. The highest BCUT2D eigenvalue weighted by atomic mass is 28.4. The van der Waals surface area contributed by atoms with Crippen LogP contribution in [0, 0.1) is 0 Å². The summed E-state index contributed by atoms with van der Waals surface area (Å²) in [6.07, 6.45) is 9.71. The first-order valence-corrected chi connectivity index (χ1v) is 9.94. The van der Waals surface area contributed by atoms with Crippen LogP contribution in [0.2, 0.25) is 18.1 Å². The van der Waals surface area contributed by atoms with E-state index in [0.29, 0.717) is 11.1 Å². The minimum absolute atomic E-state index is 0.323. The van der Waals surface area contributed by atoms with Gasteiger partial charge in [0.05, 0.1) is 0 Å². The SMILES string of the molecule is CC/C=C/CCCC(C)O[Si](C)(C)C(C)(C)C. The van der Waals surface area contributed by atoms with Crippen LogP contribution in [-0.4, -0.2) is 14.4 Å². The predicted octanol–water partition coefficient (Wildman–Crippen LogP) is 5.53. The van der Waals surface area contributed by atoms with Gasteiger partial charge < -0.3 is 4.43 Å². The van der Waals surface area contributed by atoms with Crippen molar-refractivity contribution in [1.82, 2.24) is 0 Å². The summed E-state index contributed by atoms with van der Waals surface area (Å²) in [6, 6.07) is 0. The van der Waals surface area contributed by atoms with Crippen molar-refractivity contribution < 1.29 is 4.43 Å². The highest BCUT2D eigenvalue weighted by molar-refractivity contribution is 6.74. The van der Waals surface area contributed by atoms with Crippen molar-refractivity contribution in [3.63, 3.8) is 0 Å². The van der Waals surface area contributed by atoms with E-state index >= 15 is 0 Å². The molecule has 0 N–H and O–H groups in total. The number of allylic oxidation sites excluding steroid dienone is 2. The summed E-state index contributed by atoms with van der Waals surface area (Å²) in [5, 5.41) is 0.323. The van der Waals surface area contributed by atoms with E-state index in [-0.39, 0.29) is 0 Å². The molecule has 102 valence electrons. The molecule has 1 nitrogen and oxygen atoms in total. The number of rotatable bonds is 7. The van der Waals surface area contributed by atoms with Crippen LogP contribution < -0.4 is 0 Å². The van der Waals surface area contributed by atoms with E-state index < -0.39 is 8.32 Å². The Balaban J connectivity index is 3.94. The lowest BCUT2D eigenvalue weighted by Gasteiger charge is -2.38. The largest absolute Gasteiger partial charge is 0.414 e. The minimum atomic E-state index is -1.56. The van der Waals surface area contributed by atoms with Crippen LogP contribution >= 0.6 is 0 Å². The van der Waals surface area contributed by atoms with Crippen LogP contribution in [0.3, 0.4) is 0 Å². The third-order valence-corrected chi connectivity index (χ3v) is 8.29. The van der Waals surface area contributed by atoms with Gasteiger partial charge in [-0.1, -0.05) is 39.8 Å². The van der Waals surface area contributed by atoms with Crippen molar-refractivity contribution in [2.75, 3.05) is 0 Å². The Labute approximate surface area is 110 Å². The molecule has 0 saturated carbocycles. The first kappa shape index (κ1) is 16.9. The standard InChI is InChI=1S/C15H32OSi/c1-8-9-10-11-12-13-14(2)16-17(6,7)15(3,4)5/h9-10,14H,8,11-13H2,1-7H3/b10-9+. The van der Waals surface area contributed by atoms with Gasteiger partial charge in [-0.3, -0.25) is 0 Å². The van der Waals surface area contributed by atoms with E-state index in [1.165, 1.54) is 19.3 Å². The Morgan fingerprint density at radius 3 is 2.24 bits per heavy atom. The topological polar surface area (TPSA) is 9.23 Å². The summed E-state index contributed by atoms with van der Waals surface area (Å²) in [6.45, 7) is 16.0. The summed E-state index contributed by atoms with van der Waals surface area (Å²) in [5.74, 6) is 0. The maximum absolute atomic E-state index is 6.32. The van der Waals surface area contributed by atoms with Crippen LogP contribution in [0.1, 0.15) is 60.3 Å². The van der Waals surface area contributed by atoms with Gasteiger partial charge in [0.25, 0.3) is 0 Å². The highest BCUT2D eigenvalue weighted by Gasteiger charge is 2.38. The molecule has 0 aliphatic carbocycles. The Morgan fingerprint density at radius 1 is 1.18 bits per heavy atom. The molecule has 0 spiro atoms. The Kier molecular flexibility index (Phi) is 7.34. The smallest absolute Gasteiger partial charge is 0.192 e. The van der Waals surface area contributed by atoms with Crippen LogP contribution in [0.25, 0.3) is 0 Å². The zero-order valence-corrected chi connectivity index (χ0v) is 14.0. The Bertz CT molecular complexity index is 226. The van der Waals surface area contributed by atoms with Gasteiger partial charge in [-0.15, -0.1) is 0 Å². The van der Waals surface area contributed by atoms with Crippen molar-refractivity contribution in [2.45, 2.75) is 84.5 Å². The maximum atomic E-state index is 6.32. The lowest BCUT2D eigenvalue weighted by molar-refractivity contribution is 0.187. The fourth-order valence-corrected chi connectivity index (χ4v) is 3.02. The van der Waals surface area contributed by atoms with Crippen molar-refractivity contribution >= 4 is 8.32 Å². The molecule has 17 heavy (non-hydrogen) atoms. The van der Waals surface area contributed by atoms with Gasteiger partial charge in [0, 0.05) is 6.10 Å². The predicted molar refractivity (Wildman–Crippen MR) is 81.0 cm³/mol. The van der Waals surface area contributed by atoms with E-state index in [9.17, 15) is 0 Å². The molecular weight excluding hydrogens is 224 g/mol. The average Bonchev–Trinajstić information content (AvgIpc) is 2.14. The van der Waals surface area contributed by atoms with Gasteiger partial charge in [-0.25, -0.2) is 0 Å². The molecule has 0 saturated heterocycles. The van der Waals surface area contributed by atoms with E-state index in [1.807, 2.05) is 0 Å². The average molecular weight is 257 g/mol. The summed E-state index contributed by atoms with van der Waals surface area (Å²) in [5.41, 5.74) is 0. The van der Waals surface area contributed by atoms with Gasteiger partial charge in [0.1, 0.15) is 0 Å². The second-order valence-electron chi connectivity index (χ2n) is 6.50. The van der Waals surface area contributed by atoms with Gasteiger partial charge in [-0.2, -0.15) is 0 Å². The van der Waals surface area contributed by atoms with Gasteiger partial charge in [-0.05, 0) is 50.7 Å². The van der Waals surface area contributed by atoms with Crippen LogP contribution in [0.15, 0.2) is 12.2 Å². The molecule has 0 rings (SSSR count). The molecule has 0 amide bonds. The molecule has 0 fully saturated rings. The summed E-state index contributed by atoms with van der Waals surface area (Å²) >= 11 is 0. The van der Waals surface area contributed by atoms with Crippen molar-refractivity contribution in [3.8, 4) is 0 Å². The second-order valence-corrected chi connectivity index (χ2v) is 11.3. The third-order valence-electron chi connectivity index (χ3n) is 3.69. The van der Waals surface area contributed by atoms with Gasteiger partial charge >= 0.3 is 0 Å². The Morgan fingerprint density at radius 2 is 1.76 bits per heavy atom. The maximum Gasteiger partial charge on any atom is 0.192 e. The number of unbranched alkanes of at least 4 members (excludes halogenated alkanes) is 1. The first-order valence-electron chi connectivity index (χ1n) is 7.03. The van der Waals surface area contributed by atoms with E-state index in [2.05, 4.69) is 59.9 Å². The van der Waals surface area contributed by atoms with Crippen molar-refractivity contribution in [2.24, 2.45) is 0 Å². The molecule has 0 radical (unpaired) electrons. The molecule has 0 heterocycles. The Hall–Kier alpha value is -0.0831. The molecule has 2 heteroatoms. The highest BCUT2D eigenvalue weighted by Crippen LogP contribution is 2.37. The van der Waals surface area contributed by atoms with Crippen molar-refractivity contribution in [3.05, 3.63) is 12.2 Å². The molecule has 1 unspecified atom stereocenters. The van der Waals surface area contributed by atoms with E-state index in [0.717, 1.165) is 6.42 Å². The summed E-state index contributed by atoms with van der Waals surface area (Å²) in [4.78, 5) is 0. The first-order chi connectivity index (χ1) is 7.70. The van der Waals surface area contributed by atoms with Crippen LogP contribution in [0.5, 0.6) is 0 Å². The molecule has 0 aliphatic rings. The quantitative estimate of drug-likeness (QED) is 0.330. The van der Waals surface area contributed by atoms with E-state index in [4.69, 9.17) is 4.43 Å². The number of hydrogen-bond donors (Lipinski definition) is 0. The number of hydrogen-bond acceptors (Lipinski definition) is 1. The van der Waals surface area contributed by atoms with Crippen LogP contribution in [-0.2, 0) is 4.43 Å². The monoisotopic (exact) mass is 256 g/mol. The lowest BCUT2D eigenvalue weighted by atomic mass is 10.1. The molecular formula is C15H32OSi. The zero-order chi connectivity index (χ0) is 13.5. The minimum Gasteiger partial charge on any atom is -0.414 e. The summed E-state index contributed by atoms with van der Waals surface area (Å²) in [7, 11) is -1.56. The molecule has 1 atom stereocenters. The molecule has 0 aromatic rings. The molecule has 0 aliphatic heterocycles. The molecule has 0 aromatic carbocycles. The molecule has 0 aromatic heterocycles.